The maximum Gasteiger partial charge on any atom is 0.137 e. The molecule has 3 heteroatoms. The number of ketones is 1. The van der Waals surface area contributed by atoms with Crippen molar-refractivity contribution in [2.24, 2.45) is 5.92 Å². The molecule has 94 valence electrons. The Kier molecular flexibility index (Phi) is 6.01. The zero-order valence-electron chi connectivity index (χ0n) is 10.3. The molecule has 1 nitrogen and oxygen atoms in total. The van der Waals surface area contributed by atoms with Gasteiger partial charge in [0.2, 0.25) is 0 Å². The summed E-state index contributed by atoms with van der Waals surface area (Å²) in [5, 5.41) is 1.04. The Morgan fingerprint density at radius 3 is 2.35 bits per heavy atom. The first-order valence-corrected chi connectivity index (χ1v) is 6.78. The Bertz CT molecular complexity index is 384. The quantitative estimate of drug-likeness (QED) is 0.718. The molecule has 0 aromatic heterocycles. The Hall–Kier alpha value is -0.530. The molecular formula is C14H18Cl2O. The third-order valence-corrected chi connectivity index (χ3v) is 3.80. The van der Waals surface area contributed by atoms with E-state index in [0.717, 1.165) is 18.4 Å². The minimum absolute atomic E-state index is 0.275. The van der Waals surface area contributed by atoms with Gasteiger partial charge in [-0.15, -0.1) is 0 Å². The number of benzene rings is 1. The zero-order chi connectivity index (χ0) is 12.8. The molecular weight excluding hydrogens is 255 g/mol. The van der Waals surface area contributed by atoms with Crippen molar-refractivity contribution in [3.8, 4) is 0 Å². The minimum Gasteiger partial charge on any atom is -0.299 e. The Balaban J connectivity index is 2.58. The van der Waals surface area contributed by atoms with E-state index in [0.29, 0.717) is 28.8 Å². The van der Waals surface area contributed by atoms with Crippen LogP contribution in [0.2, 0.25) is 10.0 Å². The lowest BCUT2D eigenvalue weighted by Gasteiger charge is -2.11. The summed E-state index contributed by atoms with van der Waals surface area (Å²) < 4.78 is 0. The molecule has 1 aromatic rings. The fourth-order valence-corrected chi connectivity index (χ4v) is 2.17. The van der Waals surface area contributed by atoms with Crippen LogP contribution in [0.1, 0.15) is 38.7 Å². The van der Waals surface area contributed by atoms with Crippen molar-refractivity contribution >= 4 is 29.0 Å². The first-order chi connectivity index (χ1) is 8.06. The molecule has 0 heterocycles. The number of carbonyl (C=O) groups is 1. The van der Waals surface area contributed by atoms with E-state index in [-0.39, 0.29) is 5.78 Å². The predicted molar refractivity (Wildman–Crippen MR) is 73.9 cm³/mol. The molecule has 0 amide bonds. The van der Waals surface area contributed by atoms with Gasteiger partial charge in [-0.1, -0.05) is 56.0 Å². The van der Waals surface area contributed by atoms with Gasteiger partial charge in [0.25, 0.3) is 0 Å². The van der Waals surface area contributed by atoms with Gasteiger partial charge in [-0.05, 0) is 23.6 Å². The smallest absolute Gasteiger partial charge is 0.137 e. The highest BCUT2D eigenvalue weighted by atomic mass is 35.5. The van der Waals surface area contributed by atoms with Crippen molar-refractivity contribution in [2.45, 2.75) is 39.5 Å². The molecule has 0 fully saturated rings. The summed E-state index contributed by atoms with van der Waals surface area (Å²) >= 11 is 11.7. The van der Waals surface area contributed by atoms with E-state index in [1.807, 2.05) is 6.07 Å². The van der Waals surface area contributed by atoms with Gasteiger partial charge in [0.15, 0.2) is 0 Å². The molecule has 0 aliphatic carbocycles. The molecule has 0 atom stereocenters. The lowest BCUT2D eigenvalue weighted by Crippen LogP contribution is -2.09. The number of rotatable bonds is 6. The van der Waals surface area contributed by atoms with E-state index in [1.54, 1.807) is 12.1 Å². The predicted octanol–water partition coefficient (Wildman–Crippen LogP) is 4.93. The first-order valence-electron chi connectivity index (χ1n) is 6.02. The van der Waals surface area contributed by atoms with Crippen LogP contribution in [0.15, 0.2) is 18.2 Å². The van der Waals surface area contributed by atoms with E-state index in [4.69, 9.17) is 23.2 Å². The molecule has 0 saturated carbocycles. The fraction of sp³-hybridized carbons (Fsp3) is 0.500. The highest BCUT2D eigenvalue weighted by Gasteiger charge is 2.11. The Morgan fingerprint density at radius 2 is 1.82 bits per heavy atom. The first kappa shape index (κ1) is 14.5. The van der Waals surface area contributed by atoms with E-state index in [9.17, 15) is 4.79 Å². The second-order valence-electron chi connectivity index (χ2n) is 4.35. The summed E-state index contributed by atoms with van der Waals surface area (Å²) in [5.41, 5.74) is 0.940. The van der Waals surface area contributed by atoms with Crippen molar-refractivity contribution in [1.82, 2.24) is 0 Å². The molecule has 0 radical (unpaired) electrons. The largest absolute Gasteiger partial charge is 0.299 e. The number of hydrogen-bond acceptors (Lipinski definition) is 1. The summed E-state index contributed by atoms with van der Waals surface area (Å²) in [5.74, 6) is 0.780. The normalized spacial score (nSPS) is 10.9. The minimum atomic E-state index is 0.275. The number of Topliss-reactive ketones (excluding diaryl/α,β-unsaturated/α-hetero) is 1. The van der Waals surface area contributed by atoms with Crippen LogP contribution in [-0.2, 0) is 11.2 Å². The van der Waals surface area contributed by atoms with Crippen LogP contribution < -0.4 is 0 Å². The highest BCUT2D eigenvalue weighted by molar-refractivity contribution is 6.42. The lowest BCUT2D eigenvalue weighted by molar-refractivity contribution is -0.119. The van der Waals surface area contributed by atoms with Crippen LogP contribution in [0.3, 0.4) is 0 Å². The summed E-state index contributed by atoms with van der Waals surface area (Å²) in [4.78, 5) is 11.9. The number of halogens is 2. The monoisotopic (exact) mass is 272 g/mol. The fourth-order valence-electron chi connectivity index (χ4n) is 1.85. The van der Waals surface area contributed by atoms with Crippen molar-refractivity contribution < 1.29 is 4.79 Å². The molecule has 17 heavy (non-hydrogen) atoms. The van der Waals surface area contributed by atoms with Gasteiger partial charge in [0.05, 0.1) is 10.0 Å². The van der Waals surface area contributed by atoms with Gasteiger partial charge in [-0.25, -0.2) is 0 Å². The van der Waals surface area contributed by atoms with Crippen molar-refractivity contribution in [3.05, 3.63) is 33.8 Å². The second-order valence-corrected chi connectivity index (χ2v) is 5.16. The van der Waals surface area contributed by atoms with E-state index >= 15 is 0 Å². The van der Waals surface area contributed by atoms with Crippen LogP contribution in [0.4, 0.5) is 0 Å². The lowest BCUT2D eigenvalue weighted by atomic mass is 9.94. The standard InChI is InChI=1S/C14H18Cl2O/c1-3-10(4-2)7-12(17)8-11-5-6-13(15)14(16)9-11/h5-6,9-10H,3-4,7-8H2,1-2H3. The van der Waals surface area contributed by atoms with Gasteiger partial charge in [-0.3, -0.25) is 4.79 Å². The molecule has 0 bridgehead atoms. The molecule has 0 spiro atoms. The summed E-state index contributed by atoms with van der Waals surface area (Å²) in [7, 11) is 0. The average molecular weight is 273 g/mol. The van der Waals surface area contributed by atoms with Crippen molar-refractivity contribution in [1.29, 1.82) is 0 Å². The molecule has 0 saturated heterocycles. The van der Waals surface area contributed by atoms with Gasteiger partial charge in [-0.2, -0.15) is 0 Å². The summed E-state index contributed by atoms with van der Waals surface area (Å²) in [6, 6.07) is 5.37. The van der Waals surface area contributed by atoms with Crippen LogP contribution in [-0.4, -0.2) is 5.78 Å². The molecule has 1 rings (SSSR count). The Morgan fingerprint density at radius 1 is 1.18 bits per heavy atom. The van der Waals surface area contributed by atoms with Crippen LogP contribution in [0, 0.1) is 5.92 Å². The summed E-state index contributed by atoms with van der Waals surface area (Å²) in [6.45, 7) is 4.25. The Labute approximate surface area is 113 Å². The van der Waals surface area contributed by atoms with Gasteiger partial charge in [0.1, 0.15) is 5.78 Å². The van der Waals surface area contributed by atoms with Crippen LogP contribution >= 0.6 is 23.2 Å². The second kappa shape index (κ2) is 7.03. The third-order valence-electron chi connectivity index (χ3n) is 3.06. The average Bonchev–Trinajstić information content (AvgIpc) is 2.31. The van der Waals surface area contributed by atoms with Gasteiger partial charge >= 0.3 is 0 Å². The van der Waals surface area contributed by atoms with Crippen LogP contribution in [0.5, 0.6) is 0 Å². The van der Waals surface area contributed by atoms with Crippen LogP contribution in [0.25, 0.3) is 0 Å². The van der Waals surface area contributed by atoms with Gasteiger partial charge in [0, 0.05) is 12.8 Å². The zero-order valence-corrected chi connectivity index (χ0v) is 11.8. The maximum atomic E-state index is 11.9. The molecule has 0 N–H and O–H groups in total. The number of carbonyl (C=O) groups excluding carboxylic acids is 1. The van der Waals surface area contributed by atoms with E-state index in [2.05, 4.69) is 13.8 Å². The molecule has 1 aromatic carbocycles. The highest BCUT2D eigenvalue weighted by Crippen LogP contribution is 2.23. The van der Waals surface area contributed by atoms with Crippen molar-refractivity contribution in [2.75, 3.05) is 0 Å². The molecule has 0 unspecified atom stereocenters. The number of hydrogen-bond donors (Lipinski definition) is 0. The maximum absolute atomic E-state index is 11.9. The molecule has 0 aliphatic rings. The SMILES string of the molecule is CCC(CC)CC(=O)Cc1ccc(Cl)c(Cl)c1. The third kappa shape index (κ3) is 4.69. The van der Waals surface area contributed by atoms with Crippen molar-refractivity contribution in [3.63, 3.8) is 0 Å². The molecule has 0 aliphatic heterocycles. The van der Waals surface area contributed by atoms with Gasteiger partial charge < -0.3 is 0 Å². The summed E-state index contributed by atoms with van der Waals surface area (Å²) in [6.07, 6.45) is 3.23. The van der Waals surface area contributed by atoms with E-state index in [1.165, 1.54) is 0 Å². The topological polar surface area (TPSA) is 17.1 Å². The van der Waals surface area contributed by atoms with E-state index < -0.39 is 0 Å².